The number of carbonyl (C=O) groups excluding carboxylic acids is 3. The summed E-state index contributed by atoms with van der Waals surface area (Å²) in [4.78, 5) is 40.8. The van der Waals surface area contributed by atoms with Gasteiger partial charge in [-0.2, -0.15) is 0 Å². The molecule has 0 saturated carbocycles. The van der Waals surface area contributed by atoms with Gasteiger partial charge in [0.2, 0.25) is 17.7 Å². The van der Waals surface area contributed by atoms with Crippen molar-refractivity contribution in [1.29, 1.82) is 0 Å². The highest BCUT2D eigenvalue weighted by atomic mass is 16.5. The molecule has 8 heteroatoms. The summed E-state index contributed by atoms with van der Waals surface area (Å²) in [6, 6.07) is 23.5. The van der Waals surface area contributed by atoms with Gasteiger partial charge in [-0.3, -0.25) is 14.4 Å². The van der Waals surface area contributed by atoms with Crippen molar-refractivity contribution in [1.82, 2.24) is 21.3 Å². The maximum Gasteiger partial charge on any atom is 0.247 e. The van der Waals surface area contributed by atoms with Crippen molar-refractivity contribution in [2.45, 2.75) is 44.5 Å². The van der Waals surface area contributed by atoms with E-state index in [9.17, 15) is 14.4 Å². The first kappa shape index (κ1) is 28.6. The monoisotopic (exact) mass is 540 g/mol. The van der Waals surface area contributed by atoms with E-state index < -0.39 is 30.1 Å². The molecule has 208 valence electrons. The third kappa shape index (κ3) is 7.36. The molecule has 5 rings (SSSR count). The number of likely N-dealkylation sites (N-methyl/N-ethyl adjacent to an activating group) is 1. The maximum absolute atomic E-state index is 14.1. The average molecular weight is 541 g/mol. The van der Waals surface area contributed by atoms with Crippen LogP contribution in [0.5, 0.6) is 5.75 Å². The van der Waals surface area contributed by atoms with E-state index in [0.29, 0.717) is 11.3 Å². The van der Waals surface area contributed by atoms with Crippen LogP contribution in [-0.2, 0) is 20.8 Å². The van der Waals surface area contributed by atoms with Gasteiger partial charge >= 0.3 is 0 Å². The minimum Gasteiger partial charge on any atom is -0.483 e. The van der Waals surface area contributed by atoms with E-state index in [0.717, 1.165) is 11.1 Å². The number of rotatable bonds is 7. The number of ether oxygens (including phenoxy) is 1. The van der Waals surface area contributed by atoms with Crippen molar-refractivity contribution in [3.63, 3.8) is 0 Å². The zero-order valence-corrected chi connectivity index (χ0v) is 23.0. The van der Waals surface area contributed by atoms with E-state index in [1.165, 1.54) is 0 Å². The molecule has 0 saturated heterocycles. The minimum atomic E-state index is -1.14. The van der Waals surface area contributed by atoms with Gasteiger partial charge in [0.05, 0.1) is 6.04 Å². The molecule has 0 spiro atoms. The number of hydrogen-bond donors (Lipinski definition) is 4. The molecule has 0 radical (unpaired) electrons. The maximum atomic E-state index is 14.1. The quantitative estimate of drug-likeness (QED) is 0.368. The highest BCUT2D eigenvalue weighted by molar-refractivity contribution is 5.94. The van der Waals surface area contributed by atoms with E-state index in [4.69, 9.17) is 4.74 Å². The van der Waals surface area contributed by atoms with E-state index in [2.05, 4.69) is 21.3 Å². The lowest BCUT2D eigenvalue weighted by Crippen LogP contribution is -2.59. The second kappa shape index (κ2) is 13.6. The Labute approximate surface area is 235 Å². The molecule has 2 aliphatic heterocycles. The summed E-state index contributed by atoms with van der Waals surface area (Å²) in [5, 5.41) is 11.7. The predicted octanol–water partition coefficient (Wildman–Crippen LogP) is 3.36. The van der Waals surface area contributed by atoms with Gasteiger partial charge in [0.1, 0.15) is 17.8 Å². The Balaban J connectivity index is 1.78. The van der Waals surface area contributed by atoms with Crippen molar-refractivity contribution in [3.05, 3.63) is 108 Å². The molecule has 4 atom stereocenters. The van der Waals surface area contributed by atoms with Crippen molar-refractivity contribution in [2.24, 2.45) is 5.92 Å². The molecule has 2 bridgehead atoms. The van der Waals surface area contributed by atoms with Gasteiger partial charge < -0.3 is 26.0 Å². The van der Waals surface area contributed by atoms with Crippen LogP contribution in [-0.4, -0.2) is 42.9 Å². The predicted molar refractivity (Wildman–Crippen MR) is 155 cm³/mol. The van der Waals surface area contributed by atoms with Crippen LogP contribution in [0.1, 0.15) is 36.6 Å². The minimum absolute atomic E-state index is 0.0291. The van der Waals surface area contributed by atoms with E-state index in [-0.39, 0.29) is 24.2 Å². The van der Waals surface area contributed by atoms with Crippen molar-refractivity contribution < 1.29 is 19.1 Å². The molecular formula is C32H36N4O4. The smallest absolute Gasteiger partial charge is 0.247 e. The summed E-state index contributed by atoms with van der Waals surface area (Å²) in [6.07, 6.45) is 2.72. The molecule has 0 fully saturated rings. The normalized spacial score (nSPS) is 20.1. The van der Waals surface area contributed by atoms with Gasteiger partial charge in [-0.15, -0.1) is 0 Å². The molecule has 2 heterocycles. The molecule has 4 N–H and O–H groups in total. The van der Waals surface area contributed by atoms with E-state index >= 15 is 0 Å². The van der Waals surface area contributed by atoms with Crippen molar-refractivity contribution in [2.75, 3.05) is 7.05 Å². The Morgan fingerprint density at radius 1 is 0.900 bits per heavy atom. The lowest BCUT2D eigenvalue weighted by atomic mass is 9.97. The molecule has 3 aromatic rings. The second-order valence-corrected chi connectivity index (χ2v) is 10.1. The highest BCUT2D eigenvalue weighted by Crippen LogP contribution is 2.27. The first-order valence-electron chi connectivity index (χ1n) is 13.5. The number of carbonyl (C=O) groups is 3. The van der Waals surface area contributed by atoms with Crippen LogP contribution in [0.3, 0.4) is 0 Å². The van der Waals surface area contributed by atoms with Crippen LogP contribution in [0.25, 0.3) is 6.08 Å². The number of benzene rings is 3. The standard InChI is InChI=1S/C32H36N4O4/c1-21(2)27(33-3)31(38)36-28-29(24-12-8-5-9-13-24)40-25-16-14-22(15-17-25)18-19-34-30(37)26(35-32(28)39)20-23-10-6-4-7-11-23/h4-19,21,26-29,33H,20H2,1-3H3,(H,34,37)(H,35,39)(H,36,38). The van der Waals surface area contributed by atoms with Gasteiger partial charge in [-0.05, 0) is 47.9 Å². The van der Waals surface area contributed by atoms with Crippen LogP contribution in [0.2, 0.25) is 0 Å². The van der Waals surface area contributed by atoms with Crippen LogP contribution in [0, 0.1) is 5.92 Å². The molecule has 2 aliphatic rings. The first-order chi connectivity index (χ1) is 19.4. The largest absolute Gasteiger partial charge is 0.483 e. The van der Waals surface area contributed by atoms with Gasteiger partial charge in [-0.25, -0.2) is 0 Å². The van der Waals surface area contributed by atoms with Crippen LogP contribution in [0.4, 0.5) is 0 Å². The Kier molecular flexibility index (Phi) is 9.70. The molecule has 40 heavy (non-hydrogen) atoms. The topological polar surface area (TPSA) is 109 Å². The molecule has 3 amide bonds. The zero-order chi connectivity index (χ0) is 28.5. The number of amides is 3. The molecular weight excluding hydrogens is 504 g/mol. The molecule has 4 unspecified atom stereocenters. The average Bonchev–Trinajstić information content (AvgIpc) is 2.96. The Morgan fingerprint density at radius 2 is 1.55 bits per heavy atom. The second-order valence-electron chi connectivity index (χ2n) is 10.1. The third-order valence-corrected chi connectivity index (χ3v) is 6.83. The zero-order valence-electron chi connectivity index (χ0n) is 23.0. The van der Waals surface area contributed by atoms with Gasteiger partial charge in [0.15, 0.2) is 6.10 Å². The molecule has 0 aliphatic carbocycles. The lowest BCUT2D eigenvalue weighted by molar-refractivity contribution is -0.135. The van der Waals surface area contributed by atoms with Crippen LogP contribution < -0.4 is 26.0 Å². The van der Waals surface area contributed by atoms with Crippen LogP contribution in [0.15, 0.2) is 91.1 Å². The van der Waals surface area contributed by atoms with Gasteiger partial charge in [0, 0.05) is 12.6 Å². The van der Waals surface area contributed by atoms with E-state index in [1.807, 2.05) is 86.6 Å². The fraction of sp³-hybridized carbons (Fsp3) is 0.281. The fourth-order valence-electron chi connectivity index (χ4n) is 4.71. The summed E-state index contributed by atoms with van der Waals surface area (Å²) in [5.41, 5.74) is 2.45. The summed E-state index contributed by atoms with van der Waals surface area (Å²) < 4.78 is 6.42. The Hall–Kier alpha value is -4.43. The van der Waals surface area contributed by atoms with Crippen LogP contribution >= 0.6 is 0 Å². The third-order valence-electron chi connectivity index (χ3n) is 6.83. The van der Waals surface area contributed by atoms with Gasteiger partial charge in [0.25, 0.3) is 0 Å². The summed E-state index contributed by atoms with van der Waals surface area (Å²) in [7, 11) is 1.71. The summed E-state index contributed by atoms with van der Waals surface area (Å²) in [5.74, 6) is -0.743. The lowest BCUT2D eigenvalue weighted by Gasteiger charge is -2.31. The number of hydrogen-bond acceptors (Lipinski definition) is 5. The Bertz CT molecular complexity index is 1310. The SMILES string of the molecule is CNC(C(=O)NC1C(=O)NC(Cc2ccccc2)C(=O)NC=Cc2ccc(cc2)OC1c1ccccc1)C(C)C. The van der Waals surface area contributed by atoms with Crippen molar-refractivity contribution >= 4 is 23.8 Å². The number of nitrogens with one attached hydrogen (secondary N) is 4. The number of fused-ring (bicyclic) bond motifs is 10. The first-order valence-corrected chi connectivity index (χ1v) is 13.5. The molecule has 8 nitrogen and oxygen atoms in total. The summed E-state index contributed by atoms with van der Waals surface area (Å²) >= 11 is 0. The van der Waals surface area contributed by atoms with Crippen molar-refractivity contribution in [3.8, 4) is 5.75 Å². The van der Waals surface area contributed by atoms with E-state index in [1.54, 1.807) is 31.5 Å². The highest BCUT2D eigenvalue weighted by Gasteiger charge is 2.37. The molecule has 3 aromatic carbocycles. The summed E-state index contributed by atoms with van der Waals surface area (Å²) in [6.45, 7) is 3.85. The fourth-order valence-corrected chi connectivity index (χ4v) is 4.71. The van der Waals surface area contributed by atoms with Gasteiger partial charge in [-0.1, -0.05) is 86.6 Å². The molecule has 0 aromatic heterocycles. The Morgan fingerprint density at radius 3 is 2.17 bits per heavy atom.